The summed E-state index contributed by atoms with van der Waals surface area (Å²) in [7, 11) is 0. The molecule has 2 unspecified atom stereocenters. The van der Waals surface area contributed by atoms with E-state index >= 15 is 0 Å². The van der Waals surface area contributed by atoms with Gasteiger partial charge in [-0.25, -0.2) is 0 Å². The molecule has 1 aromatic carbocycles. The molecule has 1 aromatic rings. The molecule has 1 aliphatic carbocycles. The summed E-state index contributed by atoms with van der Waals surface area (Å²) in [6.07, 6.45) is 2.26. The maximum atomic E-state index is 6.18. The normalized spacial score (nSPS) is 23.8. The van der Waals surface area contributed by atoms with Crippen LogP contribution >= 0.6 is 0 Å². The molecule has 0 amide bonds. The Balaban J connectivity index is 1.92. The monoisotopic (exact) mass is 219 g/mol. The molecule has 1 aliphatic rings. The molecule has 0 radical (unpaired) electrons. The molecule has 0 saturated carbocycles. The van der Waals surface area contributed by atoms with Crippen molar-refractivity contribution in [1.82, 2.24) is 0 Å². The van der Waals surface area contributed by atoms with E-state index in [0.29, 0.717) is 5.92 Å². The van der Waals surface area contributed by atoms with E-state index in [1.807, 2.05) is 0 Å². The number of rotatable bonds is 4. The summed E-state index contributed by atoms with van der Waals surface area (Å²) in [5, 5.41) is 0. The number of nitrogens with two attached hydrogens (primary N) is 1. The number of benzene rings is 1. The van der Waals surface area contributed by atoms with Crippen molar-refractivity contribution < 1.29 is 4.74 Å². The number of hydrogen-bond acceptors (Lipinski definition) is 2. The van der Waals surface area contributed by atoms with Gasteiger partial charge in [0.1, 0.15) is 0 Å². The highest BCUT2D eigenvalue weighted by Gasteiger charge is 2.29. The van der Waals surface area contributed by atoms with E-state index in [-0.39, 0.29) is 12.1 Å². The van der Waals surface area contributed by atoms with Crippen molar-refractivity contribution in [1.29, 1.82) is 0 Å². The van der Waals surface area contributed by atoms with Crippen LogP contribution in [0.4, 0.5) is 0 Å². The summed E-state index contributed by atoms with van der Waals surface area (Å²) in [5.74, 6) is 0.694. The maximum Gasteiger partial charge on any atom is 0.0808 e. The summed E-state index contributed by atoms with van der Waals surface area (Å²) < 4.78 is 5.88. The fourth-order valence-corrected chi connectivity index (χ4v) is 2.21. The van der Waals surface area contributed by atoms with E-state index < -0.39 is 0 Å². The molecular formula is C14H21NO. The first-order valence-electron chi connectivity index (χ1n) is 6.13. The summed E-state index contributed by atoms with van der Waals surface area (Å²) >= 11 is 0. The zero-order chi connectivity index (χ0) is 11.5. The number of fused-ring (bicyclic) bond motifs is 1. The van der Waals surface area contributed by atoms with Crippen molar-refractivity contribution in [2.24, 2.45) is 11.7 Å². The van der Waals surface area contributed by atoms with Gasteiger partial charge in [-0.1, -0.05) is 38.1 Å². The Labute approximate surface area is 97.8 Å². The van der Waals surface area contributed by atoms with Crippen LogP contribution < -0.4 is 5.73 Å². The molecular weight excluding hydrogens is 198 g/mol. The summed E-state index contributed by atoms with van der Waals surface area (Å²) in [5.41, 5.74) is 8.80. The van der Waals surface area contributed by atoms with Crippen LogP contribution in [0.15, 0.2) is 24.3 Å². The molecule has 2 N–H and O–H groups in total. The summed E-state index contributed by atoms with van der Waals surface area (Å²) in [4.78, 5) is 0. The minimum atomic E-state index is 0.0587. The SMILES string of the molecule is CC(C)CCOC1Cc2ccccc2C1N. The van der Waals surface area contributed by atoms with Gasteiger partial charge in [0.25, 0.3) is 0 Å². The van der Waals surface area contributed by atoms with E-state index in [1.165, 1.54) is 11.1 Å². The predicted molar refractivity (Wildman–Crippen MR) is 66.3 cm³/mol. The average Bonchev–Trinajstić information content (AvgIpc) is 2.56. The lowest BCUT2D eigenvalue weighted by Gasteiger charge is -2.17. The lowest BCUT2D eigenvalue weighted by molar-refractivity contribution is 0.0374. The molecule has 0 spiro atoms. The van der Waals surface area contributed by atoms with Gasteiger partial charge >= 0.3 is 0 Å². The second kappa shape index (κ2) is 4.98. The third-order valence-corrected chi connectivity index (χ3v) is 3.26. The molecule has 0 bridgehead atoms. The third kappa shape index (κ3) is 2.45. The van der Waals surface area contributed by atoms with Gasteiger partial charge in [0, 0.05) is 13.0 Å². The largest absolute Gasteiger partial charge is 0.376 e. The topological polar surface area (TPSA) is 35.2 Å². The van der Waals surface area contributed by atoms with Crippen LogP contribution in [0.2, 0.25) is 0 Å². The molecule has 0 heterocycles. The smallest absolute Gasteiger partial charge is 0.0808 e. The lowest BCUT2D eigenvalue weighted by Crippen LogP contribution is -2.25. The van der Waals surface area contributed by atoms with Crippen molar-refractivity contribution in [3.05, 3.63) is 35.4 Å². The highest BCUT2D eigenvalue weighted by atomic mass is 16.5. The maximum absolute atomic E-state index is 6.18. The van der Waals surface area contributed by atoms with Gasteiger partial charge in [-0.2, -0.15) is 0 Å². The van der Waals surface area contributed by atoms with Gasteiger partial charge in [-0.05, 0) is 23.5 Å². The Bertz CT molecular complexity index is 348. The molecule has 0 saturated heterocycles. The van der Waals surface area contributed by atoms with Gasteiger partial charge < -0.3 is 10.5 Å². The Kier molecular flexibility index (Phi) is 3.62. The van der Waals surface area contributed by atoms with Gasteiger partial charge in [0.15, 0.2) is 0 Å². The van der Waals surface area contributed by atoms with E-state index in [1.54, 1.807) is 0 Å². The lowest BCUT2D eigenvalue weighted by atomic mass is 10.1. The molecule has 2 heteroatoms. The van der Waals surface area contributed by atoms with Crippen molar-refractivity contribution in [2.75, 3.05) is 6.61 Å². The second-order valence-electron chi connectivity index (χ2n) is 5.02. The van der Waals surface area contributed by atoms with E-state index in [2.05, 4.69) is 38.1 Å². The fraction of sp³-hybridized carbons (Fsp3) is 0.571. The number of hydrogen-bond donors (Lipinski definition) is 1. The molecule has 2 atom stereocenters. The predicted octanol–water partition coefficient (Wildman–Crippen LogP) is 2.67. The number of ether oxygens (including phenoxy) is 1. The average molecular weight is 219 g/mol. The molecule has 16 heavy (non-hydrogen) atoms. The van der Waals surface area contributed by atoms with Crippen LogP contribution in [-0.2, 0) is 11.2 Å². The highest BCUT2D eigenvalue weighted by molar-refractivity contribution is 5.36. The van der Waals surface area contributed by atoms with Crippen molar-refractivity contribution in [3.8, 4) is 0 Å². The molecule has 2 nitrogen and oxygen atoms in total. The van der Waals surface area contributed by atoms with E-state index in [9.17, 15) is 0 Å². The molecule has 88 valence electrons. The quantitative estimate of drug-likeness (QED) is 0.845. The molecule has 0 fully saturated rings. The van der Waals surface area contributed by atoms with Crippen LogP contribution in [-0.4, -0.2) is 12.7 Å². The molecule has 2 rings (SSSR count). The Morgan fingerprint density at radius 1 is 1.38 bits per heavy atom. The van der Waals surface area contributed by atoms with Gasteiger partial charge in [0.05, 0.1) is 12.1 Å². The molecule has 0 aliphatic heterocycles. The first-order chi connectivity index (χ1) is 7.68. The summed E-state index contributed by atoms with van der Waals surface area (Å²) in [6.45, 7) is 5.25. The van der Waals surface area contributed by atoms with E-state index in [0.717, 1.165) is 19.4 Å². The van der Waals surface area contributed by atoms with E-state index in [4.69, 9.17) is 10.5 Å². The van der Waals surface area contributed by atoms with Crippen molar-refractivity contribution in [3.63, 3.8) is 0 Å². The zero-order valence-electron chi connectivity index (χ0n) is 10.1. The third-order valence-electron chi connectivity index (χ3n) is 3.26. The first-order valence-corrected chi connectivity index (χ1v) is 6.13. The van der Waals surface area contributed by atoms with Gasteiger partial charge in [-0.3, -0.25) is 0 Å². The van der Waals surface area contributed by atoms with Crippen LogP contribution in [0, 0.1) is 5.92 Å². The van der Waals surface area contributed by atoms with Crippen LogP contribution in [0.1, 0.15) is 37.4 Å². The summed E-state index contributed by atoms with van der Waals surface area (Å²) in [6, 6.07) is 8.45. The Hall–Kier alpha value is -0.860. The van der Waals surface area contributed by atoms with Gasteiger partial charge in [0.2, 0.25) is 0 Å². The minimum absolute atomic E-state index is 0.0587. The molecule has 0 aromatic heterocycles. The van der Waals surface area contributed by atoms with Crippen LogP contribution in [0.25, 0.3) is 0 Å². The Morgan fingerprint density at radius 3 is 2.81 bits per heavy atom. The minimum Gasteiger partial charge on any atom is -0.376 e. The first kappa shape index (κ1) is 11.6. The fourth-order valence-electron chi connectivity index (χ4n) is 2.21. The van der Waals surface area contributed by atoms with Crippen molar-refractivity contribution in [2.45, 2.75) is 38.8 Å². The standard InChI is InChI=1S/C14H21NO/c1-10(2)7-8-16-13-9-11-5-3-4-6-12(11)14(13)15/h3-6,10,13-14H,7-9,15H2,1-2H3. The Morgan fingerprint density at radius 2 is 2.12 bits per heavy atom. The highest BCUT2D eigenvalue weighted by Crippen LogP contribution is 2.31. The van der Waals surface area contributed by atoms with Crippen molar-refractivity contribution >= 4 is 0 Å². The van der Waals surface area contributed by atoms with Gasteiger partial charge in [-0.15, -0.1) is 0 Å². The zero-order valence-corrected chi connectivity index (χ0v) is 10.1. The second-order valence-corrected chi connectivity index (χ2v) is 5.02. The van der Waals surface area contributed by atoms with Crippen LogP contribution in [0.5, 0.6) is 0 Å². The van der Waals surface area contributed by atoms with Crippen LogP contribution in [0.3, 0.4) is 0 Å².